The molecule has 0 saturated heterocycles. The number of nitrogens with one attached hydrogen (secondary N) is 1. The maximum Gasteiger partial charge on any atom is 0.0182 e. The van der Waals surface area contributed by atoms with Gasteiger partial charge in [-0.25, -0.2) is 5.26 Å². The summed E-state index contributed by atoms with van der Waals surface area (Å²) in [4.78, 5) is 7.44. The van der Waals surface area contributed by atoms with Gasteiger partial charge in [0.25, 0.3) is 0 Å². The Bertz CT molecular complexity index is 114. The Balaban J connectivity index is 2.85. The first kappa shape index (κ1) is 16.7. The Morgan fingerprint density at radius 3 is 1.65 bits per heavy atom. The molecule has 0 spiro atoms. The molecule has 0 rings (SSSR count). The van der Waals surface area contributed by atoms with Crippen molar-refractivity contribution >= 4 is 12.9 Å². The highest BCUT2D eigenvalue weighted by Crippen LogP contribution is 1.89. The summed E-state index contributed by atoms with van der Waals surface area (Å²) in [7, 11) is 0. The van der Waals surface area contributed by atoms with Crippen LogP contribution in [0.1, 0.15) is 0 Å². The van der Waals surface area contributed by atoms with Gasteiger partial charge < -0.3 is 0 Å². The van der Waals surface area contributed by atoms with Crippen LogP contribution in [0.4, 0.5) is 0 Å². The second-order valence-corrected chi connectivity index (χ2v) is 1.23. The van der Waals surface area contributed by atoms with Crippen molar-refractivity contribution in [1.82, 2.24) is 5.64 Å². The van der Waals surface area contributed by atoms with Gasteiger partial charge in [0.1, 0.15) is 0 Å². The predicted octanol–water partition coefficient (Wildman–Crippen LogP) is -1.06. The molecule has 0 aromatic rings. The van der Waals surface area contributed by atoms with E-state index in [9.17, 15) is 0 Å². The van der Waals surface area contributed by atoms with Crippen LogP contribution in [0.25, 0.3) is 0 Å². The van der Waals surface area contributed by atoms with Crippen LogP contribution in [0.15, 0.2) is 0 Å². The standard InChI is InChI=1S/H3NO15S/c2-5-8-11-12-9-6-3-1-4-7-10-13-14-15-16-17/h1-2,17H. The van der Waals surface area contributed by atoms with Gasteiger partial charge in [-0.05, 0) is 61.1 Å². The Labute approximate surface area is 94.7 Å². The highest BCUT2D eigenvalue weighted by molar-refractivity contribution is 7.74. The van der Waals surface area contributed by atoms with Crippen LogP contribution < -0.4 is 5.64 Å². The summed E-state index contributed by atoms with van der Waals surface area (Å²) in [6.07, 6.45) is 0. The van der Waals surface area contributed by atoms with Crippen molar-refractivity contribution < 1.29 is 75.0 Å². The second-order valence-electron chi connectivity index (χ2n) is 1.08. The van der Waals surface area contributed by atoms with Gasteiger partial charge in [0, 0.05) is 12.9 Å². The first-order chi connectivity index (χ1) is 8.41. The Morgan fingerprint density at radius 1 is 0.647 bits per heavy atom. The van der Waals surface area contributed by atoms with E-state index in [2.05, 4.69) is 82.6 Å². The third-order valence-electron chi connectivity index (χ3n) is 0.419. The lowest BCUT2D eigenvalue weighted by atomic mass is 13.2. The molecule has 104 valence electrons. The lowest BCUT2D eigenvalue weighted by Crippen LogP contribution is -2.17. The lowest BCUT2D eigenvalue weighted by Gasteiger charge is -1.99. The Kier molecular flexibility index (Phi) is 15.4. The molecule has 0 fully saturated rings. The van der Waals surface area contributed by atoms with E-state index in [0.717, 1.165) is 0 Å². The summed E-state index contributed by atoms with van der Waals surface area (Å²) >= 11 is 3.06. The Morgan fingerprint density at radius 2 is 1.12 bits per heavy atom. The van der Waals surface area contributed by atoms with Crippen LogP contribution in [0.5, 0.6) is 0 Å². The van der Waals surface area contributed by atoms with Crippen molar-refractivity contribution in [2.45, 2.75) is 0 Å². The molecule has 0 aromatic carbocycles. The molecule has 17 heavy (non-hydrogen) atoms. The molecule has 0 atom stereocenters. The molecular formula is H3NO15S. The minimum atomic E-state index is 1.39. The molecule has 0 amide bonds. The quantitative estimate of drug-likeness (QED) is 0.116. The summed E-state index contributed by atoms with van der Waals surface area (Å²) in [6, 6.07) is 0. The number of hydrogen-bond acceptors (Lipinski definition) is 17. The average molecular weight is 289 g/mol. The van der Waals surface area contributed by atoms with Gasteiger partial charge in [-0.3, -0.25) is 0 Å². The second kappa shape index (κ2) is 15.7. The first-order valence-corrected chi connectivity index (χ1v) is 3.14. The number of rotatable bonds is 14. The minimum absolute atomic E-state index is 1.39. The molecule has 16 nitrogen and oxygen atoms in total. The fourth-order valence-corrected chi connectivity index (χ4v) is 0.187. The summed E-state index contributed by atoms with van der Waals surface area (Å²) in [5.41, 5.74) is 1.39. The van der Waals surface area contributed by atoms with E-state index in [1.165, 1.54) is 5.64 Å². The summed E-state index contributed by atoms with van der Waals surface area (Å²) < 4.78 is 3.58. The van der Waals surface area contributed by atoms with Gasteiger partial charge in [0.15, 0.2) is 0 Å². The monoisotopic (exact) mass is 289 g/mol. The number of thiol groups is 1. The molecule has 0 radical (unpaired) electrons. The molecule has 0 bridgehead atoms. The van der Waals surface area contributed by atoms with Gasteiger partial charge in [-0.2, -0.15) is 0 Å². The molecule has 0 unspecified atom stereocenters. The smallest absolute Gasteiger partial charge is 0.0182 e. The summed E-state index contributed by atoms with van der Waals surface area (Å²) in [5, 5.41) is 45.2. The zero-order chi connectivity index (χ0) is 12.6. The fourth-order valence-electron chi connectivity index (χ4n) is 0.162. The summed E-state index contributed by atoms with van der Waals surface area (Å²) in [5.74, 6) is 0. The first-order valence-electron chi connectivity index (χ1n) is 2.77. The normalized spacial score (nSPS) is 10.9. The maximum atomic E-state index is 7.48. The predicted molar refractivity (Wildman–Crippen MR) is 29.9 cm³/mol. The molecule has 0 aliphatic carbocycles. The van der Waals surface area contributed by atoms with Crippen molar-refractivity contribution in [2.24, 2.45) is 0 Å². The zero-order valence-corrected chi connectivity index (χ0v) is 8.00. The van der Waals surface area contributed by atoms with Crippen LogP contribution in [0, 0.1) is 0 Å². The van der Waals surface area contributed by atoms with E-state index in [4.69, 9.17) is 5.26 Å². The van der Waals surface area contributed by atoms with Gasteiger partial charge >= 0.3 is 0 Å². The molecule has 17 heteroatoms. The fraction of sp³-hybridized carbons (Fsp3) is 0. The van der Waals surface area contributed by atoms with E-state index >= 15 is 0 Å². The minimum Gasteiger partial charge on any atom is -0.219 e. The van der Waals surface area contributed by atoms with Crippen LogP contribution >= 0.6 is 12.9 Å². The van der Waals surface area contributed by atoms with Gasteiger partial charge in [-0.15, -0.1) is 4.33 Å². The van der Waals surface area contributed by atoms with E-state index < -0.39 is 0 Å². The largest absolute Gasteiger partial charge is 0.219 e. The van der Waals surface area contributed by atoms with E-state index in [1.807, 2.05) is 0 Å². The molecule has 0 aliphatic rings. The third-order valence-corrected chi connectivity index (χ3v) is 0.480. The van der Waals surface area contributed by atoms with Gasteiger partial charge in [-0.1, -0.05) is 9.98 Å². The molecular weight excluding hydrogens is 286 g/mol. The molecule has 2 N–H and O–H groups in total. The maximum absolute atomic E-state index is 7.48. The lowest BCUT2D eigenvalue weighted by molar-refractivity contribution is -0.827. The molecule has 0 heterocycles. The summed E-state index contributed by atoms with van der Waals surface area (Å²) in [6.45, 7) is 0. The van der Waals surface area contributed by atoms with Crippen LogP contribution in [-0.2, 0) is 69.7 Å². The highest BCUT2D eigenvalue weighted by atomic mass is 32.1. The van der Waals surface area contributed by atoms with Crippen molar-refractivity contribution in [3.05, 3.63) is 0 Å². The van der Waals surface area contributed by atoms with Gasteiger partial charge in [0.2, 0.25) is 0 Å². The van der Waals surface area contributed by atoms with Crippen molar-refractivity contribution in [3.8, 4) is 0 Å². The van der Waals surface area contributed by atoms with Crippen LogP contribution in [-0.4, -0.2) is 5.26 Å². The molecule has 0 saturated carbocycles. The van der Waals surface area contributed by atoms with E-state index in [1.54, 1.807) is 0 Å². The molecule has 0 aromatic heterocycles. The Hall–Kier alpha value is -0.290. The average Bonchev–Trinajstić information content (AvgIpc) is 2.35. The third kappa shape index (κ3) is 15.7. The topological polar surface area (TPSA) is 161 Å². The number of hydrogen-bond donors (Lipinski definition) is 3. The van der Waals surface area contributed by atoms with E-state index in [0.29, 0.717) is 0 Å². The zero-order valence-electron chi connectivity index (χ0n) is 7.11. The van der Waals surface area contributed by atoms with Crippen LogP contribution in [0.3, 0.4) is 0 Å². The van der Waals surface area contributed by atoms with Crippen molar-refractivity contribution in [3.63, 3.8) is 0 Å². The van der Waals surface area contributed by atoms with Crippen molar-refractivity contribution in [1.29, 1.82) is 0 Å². The van der Waals surface area contributed by atoms with Crippen LogP contribution in [0.2, 0.25) is 0 Å². The molecule has 0 aliphatic heterocycles. The van der Waals surface area contributed by atoms with E-state index in [-0.39, 0.29) is 0 Å². The van der Waals surface area contributed by atoms with Gasteiger partial charge in [0.05, 0.1) is 0 Å². The highest BCUT2D eigenvalue weighted by Gasteiger charge is 1.96. The SMILES string of the molecule is OOOOOOOONOOOOOOOS. The van der Waals surface area contributed by atoms with Crippen molar-refractivity contribution in [2.75, 3.05) is 0 Å².